The molecule has 18 heavy (non-hydrogen) atoms. The predicted octanol–water partition coefficient (Wildman–Crippen LogP) is 3.02. The zero-order valence-electron chi connectivity index (χ0n) is 11.1. The second-order valence-corrected chi connectivity index (χ2v) is 4.20. The molecule has 0 spiro atoms. The lowest BCUT2D eigenvalue weighted by atomic mass is 10.2. The molecule has 0 aliphatic carbocycles. The van der Waals surface area contributed by atoms with Crippen LogP contribution in [0, 0.1) is 10.1 Å². The fraction of sp³-hybridized carbons (Fsp3) is 0.583. The van der Waals surface area contributed by atoms with Crippen LogP contribution >= 0.6 is 0 Å². The van der Waals surface area contributed by atoms with Gasteiger partial charge >= 0.3 is 5.69 Å². The van der Waals surface area contributed by atoms with E-state index < -0.39 is 4.92 Å². The number of rotatable bonds is 7. The van der Waals surface area contributed by atoms with E-state index in [0.717, 1.165) is 19.4 Å². The van der Waals surface area contributed by atoms with E-state index in [1.54, 1.807) is 6.07 Å². The Hall–Kier alpha value is -1.85. The van der Waals surface area contributed by atoms with Crippen molar-refractivity contribution in [3.63, 3.8) is 0 Å². The molecular weight excluding hydrogens is 232 g/mol. The summed E-state index contributed by atoms with van der Waals surface area (Å²) in [7, 11) is 0. The van der Waals surface area contributed by atoms with Gasteiger partial charge in [0, 0.05) is 18.7 Å². The van der Waals surface area contributed by atoms with Gasteiger partial charge in [0.05, 0.1) is 4.92 Å². The van der Waals surface area contributed by atoms with E-state index in [0.29, 0.717) is 11.6 Å². The van der Waals surface area contributed by atoms with Crippen LogP contribution in [0.2, 0.25) is 0 Å². The predicted molar refractivity (Wildman–Crippen MR) is 73.0 cm³/mol. The topological polar surface area (TPSA) is 80.1 Å². The maximum atomic E-state index is 10.9. The Labute approximate surface area is 107 Å². The van der Waals surface area contributed by atoms with Crippen LogP contribution in [0.1, 0.15) is 33.6 Å². The number of nitrogens with one attached hydrogen (secondary N) is 2. The van der Waals surface area contributed by atoms with Crippen LogP contribution in [0.4, 0.5) is 17.3 Å². The minimum atomic E-state index is -0.415. The van der Waals surface area contributed by atoms with Crippen molar-refractivity contribution < 1.29 is 4.92 Å². The summed E-state index contributed by atoms with van der Waals surface area (Å²) in [6.07, 6.45) is 1.86. The summed E-state index contributed by atoms with van der Waals surface area (Å²) in [5.41, 5.74) is 0.0114. The standard InChI is InChI=1S/C12H20N4O2/c1-4-8-13-11-7-6-10(16(17)18)12(15-11)14-9(3)5-2/h6-7,9H,4-5,8H2,1-3H3,(H2,13,14,15). The number of nitrogens with zero attached hydrogens (tertiary/aromatic N) is 2. The van der Waals surface area contributed by atoms with Crippen molar-refractivity contribution in [1.29, 1.82) is 0 Å². The number of aromatic nitrogens is 1. The van der Waals surface area contributed by atoms with Crippen LogP contribution in [0.25, 0.3) is 0 Å². The molecule has 0 aliphatic heterocycles. The van der Waals surface area contributed by atoms with Crippen molar-refractivity contribution in [2.45, 2.75) is 39.7 Å². The molecule has 1 heterocycles. The van der Waals surface area contributed by atoms with Crippen LogP contribution in [0.5, 0.6) is 0 Å². The van der Waals surface area contributed by atoms with Gasteiger partial charge in [-0.2, -0.15) is 0 Å². The van der Waals surface area contributed by atoms with Gasteiger partial charge in [-0.15, -0.1) is 0 Å². The first-order valence-electron chi connectivity index (χ1n) is 6.24. The van der Waals surface area contributed by atoms with E-state index in [1.807, 2.05) is 13.8 Å². The molecule has 0 aliphatic rings. The van der Waals surface area contributed by atoms with Crippen LogP contribution in [-0.4, -0.2) is 22.5 Å². The lowest BCUT2D eigenvalue weighted by molar-refractivity contribution is -0.384. The molecule has 0 amide bonds. The number of hydrogen-bond acceptors (Lipinski definition) is 5. The Morgan fingerprint density at radius 3 is 2.72 bits per heavy atom. The summed E-state index contributed by atoms with van der Waals surface area (Å²) >= 11 is 0. The highest BCUT2D eigenvalue weighted by molar-refractivity contribution is 5.60. The van der Waals surface area contributed by atoms with Crippen LogP contribution in [0.15, 0.2) is 12.1 Å². The van der Waals surface area contributed by atoms with Crippen molar-refractivity contribution in [3.8, 4) is 0 Å². The summed E-state index contributed by atoms with van der Waals surface area (Å²) in [6, 6.07) is 3.27. The smallest absolute Gasteiger partial charge is 0.311 e. The lowest BCUT2D eigenvalue weighted by Crippen LogP contribution is -2.16. The largest absolute Gasteiger partial charge is 0.370 e. The maximum Gasteiger partial charge on any atom is 0.311 e. The Morgan fingerprint density at radius 2 is 2.17 bits per heavy atom. The van der Waals surface area contributed by atoms with Gasteiger partial charge < -0.3 is 10.6 Å². The van der Waals surface area contributed by atoms with E-state index in [9.17, 15) is 10.1 Å². The monoisotopic (exact) mass is 252 g/mol. The first-order valence-corrected chi connectivity index (χ1v) is 6.24. The quantitative estimate of drug-likeness (QED) is 0.576. The molecule has 0 bridgehead atoms. The van der Waals surface area contributed by atoms with E-state index in [-0.39, 0.29) is 11.7 Å². The van der Waals surface area contributed by atoms with Gasteiger partial charge in [0.15, 0.2) is 0 Å². The van der Waals surface area contributed by atoms with Crippen molar-refractivity contribution in [3.05, 3.63) is 22.2 Å². The lowest BCUT2D eigenvalue weighted by Gasteiger charge is -2.13. The van der Waals surface area contributed by atoms with E-state index in [2.05, 4.69) is 22.5 Å². The first kappa shape index (κ1) is 14.2. The number of pyridine rings is 1. The number of anilines is 2. The Bertz CT molecular complexity index is 409. The van der Waals surface area contributed by atoms with Crippen molar-refractivity contribution in [2.75, 3.05) is 17.2 Å². The minimum absolute atomic E-state index is 0.0114. The molecule has 1 aromatic heterocycles. The molecule has 0 fully saturated rings. The second-order valence-electron chi connectivity index (χ2n) is 4.20. The zero-order valence-corrected chi connectivity index (χ0v) is 11.1. The van der Waals surface area contributed by atoms with Gasteiger partial charge in [0.2, 0.25) is 5.82 Å². The van der Waals surface area contributed by atoms with Crippen molar-refractivity contribution in [2.24, 2.45) is 0 Å². The molecule has 1 unspecified atom stereocenters. The highest BCUT2D eigenvalue weighted by Gasteiger charge is 2.17. The Kier molecular flexibility index (Phi) is 5.35. The molecule has 0 aromatic carbocycles. The van der Waals surface area contributed by atoms with E-state index in [4.69, 9.17) is 0 Å². The summed E-state index contributed by atoms with van der Waals surface area (Å²) < 4.78 is 0. The molecule has 6 nitrogen and oxygen atoms in total. The fourth-order valence-corrected chi connectivity index (χ4v) is 1.39. The molecule has 0 radical (unpaired) electrons. The second kappa shape index (κ2) is 6.78. The molecule has 1 atom stereocenters. The van der Waals surface area contributed by atoms with Crippen LogP contribution in [-0.2, 0) is 0 Å². The maximum absolute atomic E-state index is 10.9. The van der Waals surface area contributed by atoms with E-state index in [1.165, 1.54) is 6.07 Å². The highest BCUT2D eigenvalue weighted by atomic mass is 16.6. The molecule has 6 heteroatoms. The van der Waals surface area contributed by atoms with Gasteiger partial charge in [-0.25, -0.2) is 4.98 Å². The summed E-state index contributed by atoms with van der Waals surface area (Å²) in [4.78, 5) is 14.8. The molecule has 100 valence electrons. The van der Waals surface area contributed by atoms with Gasteiger partial charge in [0.25, 0.3) is 0 Å². The normalized spacial score (nSPS) is 11.9. The van der Waals surface area contributed by atoms with Crippen LogP contribution in [0.3, 0.4) is 0 Å². The molecule has 0 saturated carbocycles. The molecular formula is C12H20N4O2. The Balaban J connectivity index is 2.95. The van der Waals surface area contributed by atoms with Gasteiger partial charge in [-0.1, -0.05) is 13.8 Å². The third-order valence-electron chi connectivity index (χ3n) is 2.62. The third kappa shape index (κ3) is 3.87. The van der Waals surface area contributed by atoms with E-state index >= 15 is 0 Å². The summed E-state index contributed by atoms with van der Waals surface area (Å²) in [5, 5.41) is 17.1. The average Bonchev–Trinajstić information content (AvgIpc) is 2.36. The number of nitro groups is 1. The van der Waals surface area contributed by atoms with Gasteiger partial charge in [-0.3, -0.25) is 10.1 Å². The van der Waals surface area contributed by atoms with Crippen LogP contribution < -0.4 is 10.6 Å². The Morgan fingerprint density at radius 1 is 1.44 bits per heavy atom. The van der Waals surface area contributed by atoms with Crippen molar-refractivity contribution in [1.82, 2.24) is 4.98 Å². The average molecular weight is 252 g/mol. The molecule has 0 saturated heterocycles. The highest BCUT2D eigenvalue weighted by Crippen LogP contribution is 2.24. The first-order chi connectivity index (χ1) is 8.58. The summed E-state index contributed by atoms with van der Waals surface area (Å²) in [6.45, 7) is 6.84. The van der Waals surface area contributed by atoms with Crippen molar-refractivity contribution >= 4 is 17.3 Å². The molecule has 1 rings (SSSR count). The fourth-order valence-electron chi connectivity index (χ4n) is 1.39. The minimum Gasteiger partial charge on any atom is -0.370 e. The van der Waals surface area contributed by atoms with Gasteiger partial charge in [0.1, 0.15) is 5.82 Å². The zero-order chi connectivity index (χ0) is 13.5. The molecule has 1 aromatic rings. The van der Waals surface area contributed by atoms with Gasteiger partial charge in [-0.05, 0) is 25.8 Å². The third-order valence-corrected chi connectivity index (χ3v) is 2.62. The SMILES string of the molecule is CCCNc1ccc([N+](=O)[O-])c(NC(C)CC)n1. The summed E-state index contributed by atoms with van der Waals surface area (Å²) in [5.74, 6) is 0.990. The number of hydrogen-bond donors (Lipinski definition) is 2. The molecule has 2 N–H and O–H groups in total.